The molecule has 1 unspecified atom stereocenters. The van der Waals surface area contributed by atoms with E-state index >= 15 is 0 Å². The molecule has 0 saturated carbocycles. The minimum atomic E-state index is -0.248. The number of aryl methyl sites for hydroxylation is 1. The van der Waals surface area contributed by atoms with Crippen molar-refractivity contribution in [1.82, 2.24) is 14.9 Å². The number of methoxy groups -OCH3 is 2. The quantitative estimate of drug-likeness (QED) is 0.143. The fraction of sp³-hybridized carbons (Fsp3) is 0.455. The van der Waals surface area contributed by atoms with Crippen LogP contribution in [0, 0.1) is 5.92 Å². The number of ether oxygens (including phenoxy) is 3. The molecule has 9 nitrogen and oxygen atoms in total. The highest BCUT2D eigenvalue weighted by Gasteiger charge is 2.29. The van der Waals surface area contributed by atoms with Gasteiger partial charge in [-0.1, -0.05) is 36.9 Å². The van der Waals surface area contributed by atoms with Crippen LogP contribution in [-0.4, -0.2) is 74.3 Å². The van der Waals surface area contributed by atoms with E-state index in [4.69, 9.17) is 24.2 Å². The second kappa shape index (κ2) is 15.6. The Balaban J connectivity index is 1.35. The monoisotopic (exact) mass is 606 g/mol. The van der Waals surface area contributed by atoms with Gasteiger partial charge < -0.3 is 24.0 Å². The molecule has 43 heavy (non-hydrogen) atoms. The maximum absolute atomic E-state index is 13.1. The zero-order valence-electron chi connectivity index (χ0n) is 25.8. The maximum Gasteiger partial charge on any atom is 0.310 e. The highest BCUT2D eigenvalue weighted by Crippen LogP contribution is 2.28. The van der Waals surface area contributed by atoms with E-state index in [-0.39, 0.29) is 17.8 Å². The van der Waals surface area contributed by atoms with Gasteiger partial charge in [0.1, 0.15) is 5.82 Å². The number of amides is 1. The predicted octanol–water partition coefficient (Wildman–Crippen LogP) is 5.44. The van der Waals surface area contributed by atoms with Crippen LogP contribution in [0.15, 0.2) is 53.7 Å². The molecule has 0 bridgehead atoms. The molecule has 230 valence electrons. The van der Waals surface area contributed by atoms with Crippen LogP contribution in [0.1, 0.15) is 53.9 Å². The molecule has 1 amide bonds. The number of esters is 1. The highest BCUT2D eigenvalue weighted by molar-refractivity contribution is 7.98. The molecule has 1 saturated heterocycles. The Morgan fingerprint density at radius 1 is 1.00 bits per heavy atom. The summed E-state index contributed by atoms with van der Waals surface area (Å²) in [4.78, 5) is 38.8. The van der Waals surface area contributed by atoms with Gasteiger partial charge >= 0.3 is 5.97 Å². The van der Waals surface area contributed by atoms with Gasteiger partial charge in [0.2, 0.25) is 0 Å². The minimum absolute atomic E-state index is 0.0482. The van der Waals surface area contributed by atoms with Gasteiger partial charge in [0.25, 0.3) is 5.91 Å². The van der Waals surface area contributed by atoms with Gasteiger partial charge in [-0.25, -0.2) is 9.97 Å². The molecular formula is C33H42N4O5S. The summed E-state index contributed by atoms with van der Waals surface area (Å²) in [6.07, 6.45) is 3.21. The fourth-order valence-electron chi connectivity index (χ4n) is 5.04. The van der Waals surface area contributed by atoms with Crippen LogP contribution in [0.2, 0.25) is 0 Å². The molecule has 2 aromatic carbocycles. The first-order valence-corrected chi connectivity index (χ1v) is 15.8. The molecule has 0 spiro atoms. The molecule has 0 aliphatic carbocycles. The Morgan fingerprint density at radius 3 is 2.44 bits per heavy atom. The lowest BCUT2D eigenvalue weighted by Crippen LogP contribution is -2.42. The molecule has 0 N–H and O–H groups in total. The van der Waals surface area contributed by atoms with Crippen molar-refractivity contribution in [3.05, 3.63) is 70.9 Å². The van der Waals surface area contributed by atoms with E-state index in [1.165, 1.54) is 0 Å². The lowest BCUT2D eigenvalue weighted by atomic mass is 9.97. The van der Waals surface area contributed by atoms with Crippen LogP contribution in [0.4, 0.5) is 5.82 Å². The Kier molecular flexibility index (Phi) is 11.7. The van der Waals surface area contributed by atoms with E-state index in [1.54, 1.807) is 37.8 Å². The van der Waals surface area contributed by atoms with Crippen molar-refractivity contribution < 1.29 is 23.8 Å². The van der Waals surface area contributed by atoms with Crippen molar-refractivity contribution in [3.63, 3.8) is 0 Å². The summed E-state index contributed by atoms with van der Waals surface area (Å²) in [6, 6.07) is 15.7. The van der Waals surface area contributed by atoms with E-state index in [9.17, 15) is 9.59 Å². The summed E-state index contributed by atoms with van der Waals surface area (Å²) in [5.74, 6) is 2.51. The van der Waals surface area contributed by atoms with Crippen LogP contribution in [0.3, 0.4) is 0 Å². The number of carbonyl (C=O) groups is 2. The number of piperidine rings is 1. The number of hydrogen-bond acceptors (Lipinski definition) is 9. The lowest BCUT2D eigenvalue weighted by molar-refractivity contribution is -0.149. The zero-order valence-corrected chi connectivity index (χ0v) is 26.6. The van der Waals surface area contributed by atoms with Crippen LogP contribution in [-0.2, 0) is 28.1 Å². The van der Waals surface area contributed by atoms with E-state index < -0.39 is 0 Å². The first-order valence-electron chi connectivity index (χ1n) is 14.8. The summed E-state index contributed by atoms with van der Waals surface area (Å²) in [5.41, 5.74) is 3.86. The van der Waals surface area contributed by atoms with E-state index in [1.807, 2.05) is 49.5 Å². The number of benzene rings is 2. The van der Waals surface area contributed by atoms with Crippen molar-refractivity contribution in [2.75, 3.05) is 52.4 Å². The molecule has 1 atom stereocenters. The third-order valence-corrected chi connectivity index (χ3v) is 8.50. The number of likely N-dealkylation sites (tertiary alicyclic amines) is 1. The molecule has 1 aliphatic heterocycles. The molecule has 1 aromatic heterocycles. The van der Waals surface area contributed by atoms with E-state index in [0.29, 0.717) is 31.0 Å². The summed E-state index contributed by atoms with van der Waals surface area (Å²) in [7, 11) is 5.33. The molecule has 10 heteroatoms. The third-order valence-electron chi connectivity index (χ3n) is 7.58. The molecule has 1 aliphatic rings. The van der Waals surface area contributed by atoms with Crippen LogP contribution >= 0.6 is 11.8 Å². The highest BCUT2D eigenvalue weighted by atomic mass is 32.2. The number of hydrogen-bond donors (Lipinski definition) is 0. The summed E-state index contributed by atoms with van der Waals surface area (Å²) < 4.78 is 16.0. The minimum Gasteiger partial charge on any atom is -0.493 e. The van der Waals surface area contributed by atoms with Gasteiger partial charge in [-0.3, -0.25) is 9.59 Å². The molecule has 0 radical (unpaired) electrons. The van der Waals surface area contributed by atoms with Crippen LogP contribution < -0.4 is 14.4 Å². The molecular weight excluding hydrogens is 564 g/mol. The SMILES string of the molecule is CCOC(=O)C1CCCN(C(=O)c2ccc(CSc3nc(CC)cc(N(C)CCc4ccc(OC)c(OC)c4)n3)cc2)C1. The normalized spacial score (nSPS) is 14.7. The molecule has 4 rings (SSSR count). The predicted molar refractivity (Wildman–Crippen MR) is 169 cm³/mol. The summed E-state index contributed by atoms with van der Waals surface area (Å²) in [5, 5.41) is 0.728. The second-order valence-corrected chi connectivity index (χ2v) is 11.5. The van der Waals surface area contributed by atoms with Crippen LogP contribution in [0.5, 0.6) is 11.5 Å². The van der Waals surface area contributed by atoms with Gasteiger partial charge in [-0.15, -0.1) is 0 Å². The van der Waals surface area contributed by atoms with Crippen molar-refractivity contribution in [3.8, 4) is 11.5 Å². The topological polar surface area (TPSA) is 94.1 Å². The van der Waals surface area contributed by atoms with Crippen LogP contribution in [0.25, 0.3) is 0 Å². The standard InChI is InChI=1S/C33H42N4O5S/c1-6-27-20-30(36(3)18-16-23-12-15-28(40-4)29(19-23)41-5)35-33(34-27)43-22-24-10-13-25(14-11-24)31(38)37-17-8-9-26(21-37)32(39)42-7-2/h10-15,19-20,26H,6-9,16-18,21-22H2,1-5H3. The fourth-order valence-corrected chi connectivity index (χ4v) is 5.86. The molecule has 3 aromatic rings. The zero-order chi connectivity index (χ0) is 30.8. The number of anilines is 1. The maximum atomic E-state index is 13.1. The van der Waals surface area contributed by atoms with Crippen molar-refractivity contribution in [1.29, 1.82) is 0 Å². The number of rotatable bonds is 13. The summed E-state index contributed by atoms with van der Waals surface area (Å²) in [6.45, 7) is 6.10. The Hall–Kier alpha value is -3.79. The number of likely N-dealkylation sites (N-methyl/N-ethyl adjacent to an activating group) is 1. The van der Waals surface area contributed by atoms with Gasteiger partial charge in [-0.2, -0.15) is 0 Å². The van der Waals surface area contributed by atoms with Gasteiger partial charge in [0, 0.05) is 49.8 Å². The number of thioether (sulfide) groups is 1. The first kappa shape index (κ1) is 32.1. The van der Waals surface area contributed by atoms with Gasteiger partial charge in [-0.05, 0) is 68.0 Å². The Morgan fingerprint density at radius 2 is 1.74 bits per heavy atom. The second-order valence-electron chi connectivity index (χ2n) is 10.5. The molecule has 2 heterocycles. The lowest BCUT2D eigenvalue weighted by Gasteiger charge is -2.31. The third kappa shape index (κ3) is 8.63. The average molecular weight is 607 g/mol. The van der Waals surface area contributed by atoms with Crippen molar-refractivity contribution >= 4 is 29.5 Å². The Labute approximate surface area is 258 Å². The van der Waals surface area contributed by atoms with E-state index in [2.05, 4.69) is 17.9 Å². The first-order chi connectivity index (χ1) is 20.8. The largest absolute Gasteiger partial charge is 0.493 e. The van der Waals surface area contributed by atoms with Crippen molar-refractivity contribution in [2.24, 2.45) is 5.92 Å². The number of carbonyl (C=O) groups excluding carboxylic acids is 2. The van der Waals surface area contributed by atoms with E-state index in [0.717, 1.165) is 71.5 Å². The van der Waals surface area contributed by atoms with Gasteiger partial charge in [0.05, 0.1) is 26.7 Å². The smallest absolute Gasteiger partial charge is 0.310 e. The summed E-state index contributed by atoms with van der Waals surface area (Å²) >= 11 is 1.58. The Bertz CT molecular complexity index is 1380. The molecule has 1 fully saturated rings. The number of aromatic nitrogens is 2. The van der Waals surface area contributed by atoms with Crippen molar-refractivity contribution in [2.45, 2.75) is 50.4 Å². The number of nitrogens with zero attached hydrogens (tertiary/aromatic N) is 4. The average Bonchev–Trinajstić information content (AvgIpc) is 3.05. The van der Waals surface area contributed by atoms with Gasteiger partial charge in [0.15, 0.2) is 16.7 Å².